The summed E-state index contributed by atoms with van der Waals surface area (Å²) in [5.41, 5.74) is 2.01. The molecule has 2 atom stereocenters. The van der Waals surface area contributed by atoms with Crippen LogP contribution in [0, 0.1) is 12.7 Å². The zero-order valence-electron chi connectivity index (χ0n) is 18.2. The number of benzene rings is 2. The number of rotatable bonds is 4. The maximum atomic E-state index is 13.8. The topological polar surface area (TPSA) is 90.5 Å². The average Bonchev–Trinajstić information content (AvgIpc) is 2.91. The largest absolute Gasteiger partial charge is 0.362 e. The van der Waals surface area contributed by atoms with Gasteiger partial charge in [0.05, 0.1) is 5.56 Å². The van der Waals surface area contributed by atoms with Crippen molar-refractivity contribution in [2.45, 2.75) is 51.4 Å². The molecule has 0 aromatic heterocycles. The van der Waals surface area contributed by atoms with Crippen molar-refractivity contribution in [1.82, 2.24) is 15.5 Å². The molecule has 0 bridgehead atoms. The molecular formula is C24H27FN4O3. The standard InChI is InChI=1S/C24H27FN4O3/c1-15-7-8-18-20(13-15)27-24(28-23(18)32)10-9-21(30)29(12-11-24)16(2)22(31)26-14-17-5-3-4-6-19(17)25/h3-8,13,16,27H,9-12,14H2,1-2H3,(H,26,31)(H,28,32)/t16-,24-/m1/s1. The fourth-order valence-electron chi connectivity index (χ4n) is 4.33. The molecule has 2 aromatic rings. The molecule has 1 saturated heterocycles. The van der Waals surface area contributed by atoms with E-state index in [1.807, 2.05) is 19.1 Å². The monoisotopic (exact) mass is 438 g/mol. The van der Waals surface area contributed by atoms with Gasteiger partial charge in [-0.25, -0.2) is 4.39 Å². The van der Waals surface area contributed by atoms with Gasteiger partial charge in [-0.1, -0.05) is 24.3 Å². The molecule has 8 heteroatoms. The summed E-state index contributed by atoms with van der Waals surface area (Å²) in [5.74, 6) is -1.06. The number of likely N-dealkylation sites (tertiary alicyclic amines) is 1. The van der Waals surface area contributed by atoms with Gasteiger partial charge >= 0.3 is 0 Å². The highest BCUT2D eigenvalue weighted by Crippen LogP contribution is 2.32. The fraction of sp³-hybridized carbons (Fsp3) is 0.375. The number of nitrogens with zero attached hydrogens (tertiary/aromatic N) is 1. The quantitative estimate of drug-likeness (QED) is 0.685. The molecule has 3 amide bonds. The third kappa shape index (κ3) is 4.30. The smallest absolute Gasteiger partial charge is 0.255 e. The van der Waals surface area contributed by atoms with Crippen molar-refractivity contribution in [2.24, 2.45) is 0 Å². The first kappa shape index (κ1) is 21.8. The lowest BCUT2D eigenvalue weighted by atomic mass is 9.94. The maximum absolute atomic E-state index is 13.8. The Morgan fingerprint density at radius 1 is 1.19 bits per heavy atom. The van der Waals surface area contributed by atoms with Gasteiger partial charge < -0.3 is 20.9 Å². The molecule has 7 nitrogen and oxygen atoms in total. The van der Waals surface area contributed by atoms with E-state index in [0.29, 0.717) is 30.5 Å². The van der Waals surface area contributed by atoms with Gasteiger partial charge in [0.1, 0.15) is 17.5 Å². The van der Waals surface area contributed by atoms with Crippen LogP contribution in [0.25, 0.3) is 0 Å². The third-order valence-corrected chi connectivity index (χ3v) is 6.27. The zero-order chi connectivity index (χ0) is 22.9. The number of amides is 3. The molecule has 3 N–H and O–H groups in total. The Kier molecular flexibility index (Phi) is 5.86. The predicted octanol–water partition coefficient (Wildman–Crippen LogP) is 2.70. The number of hydrogen-bond acceptors (Lipinski definition) is 4. The molecule has 4 rings (SSSR count). The van der Waals surface area contributed by atoms with E-state index in [2.05, 4.69) is 16.0 Å². The number of nitrogens with one attached hydrogen (secondary N) is 3. The van der Waals surface area contributed by atoms with Gasteiger partial charge in [-0.15, -0.1) is 0 Å². The minimum atomic E-state index is -0.744. The first-order valence-corrected chi connectivity index (χ1v) is 10.8. The lowest BCUT2D eigenvalue weighted by Crippen LogP contribution is -2.58. The van der Waals surface area contributed by atoms with Crippen molar-refractivity contribution in [1.29, 1.82) is 0 Å². The number of carbonyl (C=O) groups is 3. The summed E-state index contributed by atoms with van der Waals surface area (Å²) in [6.45, 7) is 3.98. The first-order chi connectivity index (χ1) is 15.3. The molecule has 168 valence electrons. The number of aryl methyl sites for hydroxylation is 1. The van der Waals surface area contributed by atoms with E-state index in [-0.39, 0.29) is 36.5 Å². The summed E-state index contributed by atoms with van der Waals surface area (Å²) in [6, 6.07) is 11.1. The van der Waals surface area contributed by atoms with Crippen LogP contribution in [0.3, 0.4) is 0 Å². The van der Waals surface area contributed by atoms with E-state index in [4.69, 9.17) is 0 Å². The van der Waals surface area contributed by atoms with Gasteiger partial charge in [-0.2, -0.15) is 0 Å². The van der Waals surface area contributed by atoms with Crippen LogP contribution in [-0.2, 0) is 16.1 Å². The first-order valence-electron chi connectivity index (χ1n) is 10.8. The molecule has 0 unspecified atom stereocenters. The average molecular weight is 439 g/mol. The van der Waals surface area contributed by atoms with Crippen LogP contribution in [0.2, 0.25) is 0 Å². The summed E-state index contributed by atoms with van der Waals surface area (Å²) in [7, 11) is 0. The molecule has 1 fully saturated rings. The van der Waals surface area contributed by atoms with Crippen LogP contribution in [0.5, 0.6) is 0 Å². The number of anilines is 1. The molecule has 2 aromatic carbocycles. The highest BCUT2D eigenvalue weighted by molar-refractivity contribution is 6.02. The normalized spacial score (nSPS) is 21.3. The van der Waals surface area contributed by atoms with E-state index in [1.165, 1.54) is 11.0 Å². The lowest BCUT2D eigenvalue weighted by molar-refractivity contribution is -0.139. The van der Waals surface area contributed by atoms with Gasteiger partial charge in [0, 0.05) is 37.2 Å². The van der Waals surface area contributed by atoms with Crippen LogP contribution in [0.15, 0.2) is 42.5 Å². The van der Waals surface area contributed by atoms with E-state index < -0.39 is 11.7 Å². The lowest BCUT2D eigenvalue weighted by Gasteiger charge is -2.40. The zero-order valence-corrected chi connectivity index (χ0v) is 18.2. The Labute approximate surface area is 186 Å². The Hall–Kier alpha value is -3.42. The second kappa shape index (κ2) is 8.61. The highest BCUT2D eigenvalue weighted by Gasteiger charge is 2.41. The summed E-state index contributed by atoms with van der Waals surface area (Å²) in [6.07, 6.45) is 1.08. The summed E-state index contributed by atoms with van der Waals surface area (Å²) in [4.78, 5) is 39.8. The van der Waals surface area contributed by atoms with Crippen molar-refractivity contribution in [3.63, 3.8) is 0 Å². The second-order valence-electron chi connectivity index (χ2n) is 8.53. The van der Waals surface area contributed by atoms with Crippen LogP contribution < -0.4 is 16.0 Å². The Morgan fingerprint density at radius 3 is 2.75 bits per heavy atom. The summed E-state index contributed by atoms with van der Waals surface area (Å²) >= 11 is 0. The molecule has 1 spiro atoms. The van der Waals surface area contributed by atoms with Crippen LogP contribution in [0.1, 0.15) is 47.7 Å². The molecule has 0 aliphatic carbocycles. The number of hydrogen-bond donors (Lipinski definition) is 3. The second-order valence-corrected chi connectivity index (χ2v) is 8.53. The predicted molar refractivity (Wildman–Crippen MR) is 118 cm³/mol. The van der Waals surface area contributed by atoms with Crippen LogP contribution >= 0.6 is 0 Å². The molecule has 2 aliphatic rings. The molecule has 32 heavy (non-hydrogen) atoms. The highest BCUT2D eigenvalue weighted by atomic mass is 19.1. The van der Waals surface area contributed by atoms with E-state index >= 15 is 0 Å². The SMILES string of the molecule is Cc1ccc2c(c1)N[C@]1(CCC(=O)N([C@H](C)C(=O)NCc3ccccc3F)CC1)NC2=O. The van der Waals surface area contributed by atoms with Gasteiger partial charge in [0.15, 0.2) is 0 Å². The van der Waals surface area contributed by atoms with Gasteiger partial charge in [-0.05, 0) is 44.0 Å². The van der Waals surface area contributed by atoms with Crippen molar-refractivity contribution in [3.05, 3.63) is 65.0 Å². The van der Waals surface area contributed by atoms with Gasteiger partial charge in [0.2, 0.25) is 11.8 Å². The molecule has 0 radical (unpaired) electrons. The molecular weight excluding hydrogens is 411 g/mol. The Morgan fingerprint density at radius 2 is 1.97 bits per heavy atom. The molecule has 2 heterocycles. The van der Waals surface area contributed by atoms with Crippen LogP contribution in [-0.4, -0.2) is 40.9 Å². The van der Waals surface area contributed by atoms with Crippen molar-refractivity contribution < 1.29 is 18.8 Å². The number of halogens is 1. The summed E-state index contributed by atoms with van der Waals surface area (Å²) in [5, 5.41) is 9.19. The number of carbonyl (C=O) groups excluding carboxylic acids is 3. The van der Waals surface area contributed by atoms with E-state index in [0.717, 1.165) is 11.3 Å². The van der Waals surface area contributed by atoms with E-state index in [1.54, 1.807) is 31.2 Å². The molecule has 0 saturated carbocycles. The molecule has 2 aliphatic heterocycles. The van der Waals surface area contributed by atoms with Crippen molar-refractivity contribution >= 4 is 23.4 Å². The minimum absolute atomic E-state index is 0.0512. The number of fused-ring (bicyclic) bond motifs is 1. The van der Waals surface area contributed by atoms with Crippen LogP contribution in [0.4, 0.5) is 10.1 Å². The minimum Gasteiger partial charge on any atom is -0.362 e. The maximum Gasteiger partial charge on any atom is 0.255 e. The van der Waals surface area contributed by atoms with E-state index in [9.17, 15) is 18.8 Å². The third-order valence-electron chi connectivity index (χ3n) is 6.27. The Bertz CT molecular complexity index is 1070. The van der Waals surface area contributed by atoms with Crippen molar-refractivity contribution in [3.8, 4) is 0 Å². The van der Waals surface area contributed by atoms with Gasteiger partial charge in [-0.3, -0.25) is 14.4 Å². The van der Waals surface area contributed by atoms with Gasteiger partial charge in [0.25, 0.3) is 5.91 Å². The fourth-order valence-corrected chi connectivity index (χ4v) is 4.33. The summed E-state index contributed by atoms with van der Waals surface area (Å²) < 4.78 is 13.8. The Balaban J connectivity index is 1.44. The van der Waals surface area contributed by atoms with Crippen molar-refractivity contribution in [2.75, 3.05) is 11.9 Å².